The zero-order chi connectivity index (χ0) is 23.5. The van der Waals surface area contributed by atoms with E-state index in [0.717, 1.165) is 16.6 Å². The van der Waals surface area contributed by atoms with Crippen molar-refractivity contribution in [2.45, 2.75) is 20.0 Å². The van der Waals surface area contributed by atoms with Crippen molar-refractivity contribution >= 4 is 28.5 Å². The molecule has 0 saturated carbocycles. The highest BCUT2D eigenvalue weighted by Crippen LogP contribution is 2.32. The molecular formula is C26H24N4O4. The first-order chi connectivity index (χ1) is 16.6. The molecule has 4 aromatic rings. The van der Waals surface area contributed by atoms with E-state index in [2.05, 4.69) is 15.6 Å². The lowest BCUT2D eigenvalue weighted by Gasteiger charge is -2.19. The van der Waals surface area contributed by atoms with Crippen LogP contribution in [0.2, 0.25) is 0 Å². The first-order valence-corrected chi connectivity index (χ1v) is 11.1. The standard InChI is InChI=1S/C26H24N4O4/c1-17-6-8-18(9-7-17)26(32)27-15-24-29-20-4-2-3-5-21(20)30(24)16-25(31)28-19-10-11-22-23(14-19)34-13-12-33-22/h2-11,14H,12-13,15-16H2,1H3,(H,27,32)(H,28,31). The predicted octanol–water partition coefficient (Wildman–Crippen LogP) is 3.68. The summed E-state index contributed by atoms with van der Waals surface area (Å²) in [5, 5.41) is 5.82. The summed E-state index contributed by atoms with van der Waals surface area (Å²) < 4.78 is 12.9. The Bertz CT molecular complexity index is 1360. The van der Waals surface area contributed by atoms with Crippen molar-refractivity contribution in [1.29, 1.82) is 0 Å². The van der Waals surface area contributed by atoms with Crippen LogP contribution < -0.4 is 20.1 Å². The van der Waals surface area contributed by atoms with Crippen molar-refractivity contribution in [2.24, 2.45) is 0 Å². The Kier molecular flexibility index (Phi) is 5.86. The second-order valence-electron chi connectivity index (χ2n) is 8.06. The van der Waals surface area contributed by atoms with E-state index in [1.54, 1.807) is 30.3 Å². The molecule has 3 aromatic carbocycles. The van der Waals surface area contributed by atoms with Gasteiger partial charge in [-0.3, -0.25) is 9.59 Å². The van der Waals surface area contributed by atoms with Crippen molar-refractivity contribution in [3.8, 4) is 11.5 Å². The summed E-state index contributed by atoms with van der Waals surface area (Å²) in [5.41, 5.74) is 3.86. The maximum atomic E-state index is 12.9. The third-order valence-electron chi connectivity index (χ3n) is 5.58. The number of fused-ring (bicyclic) bond motifs is 2. The second-order valence-corrected chi connectivity index (χ2v) is 8.06. The van der Waals surface area contributed by atoms with Gasteiger partial charge in [-0.2, -0.15) is 0 Å². The van der Waals surface area contributed by atoms with Crippen LogP contribution in [0.1, 0.15) is 21.7 Å². The minimum absolute atomic E-state index is 0.0463. The highest BCUT2D eigenvalue weighted by Gasteiger charge is 2.17. The average molecular weight is 457 g/mol. The van der Waals surface area contributed by atoms with E-state index in [9.17, 15) is 9.59 Å². The Morgan fingerprint density at radius 1 is 0.971 bits per heavy atom. The lowest BCUT2D eigenvalue weighted by Crippen LogP contribution is -2.26. The quantitative estimate of drug-likeness (QED) is 0.462. The Morgan fingerprint density at radius 2 is 1.74 bits per heavy atom. The average Bonchev–Trinajstić information content (AvgIpc) is 3.20. The van der Waals surface area contributed by atoms with E-state index >= 15 is 0 Å². The van der Waals surface area contributed by atoms with Crippen LogP contribution in [-0.2, 0) is 17.9 Å². The van der Waals surface area contributed by atoms with Gasteiger partial charge in [0.15, 0.2) is 11.5 Å². The number of nitrogens with one attached hydrogen (secondary N) is 2. The number of benzene rings is 3. The van der Waals surface area contributed by atoms with Gasteiger partial charge in [0.2, 0.25) is 5.91 Å². The van der Waals surface area contributed by atoms with Gasteiger partial charge < -0.3 is 24.7 Å². The van der Waals surface area contributed by atoms with Crippen LogP contribution >= 0.6 is 0 Å². The number of rotatable bonds is 6. The van der Waals surface area contributed by atoms with Crippen LogP contribution in [0.3, 0.4) is 0 Å². The molecule has 5 rings (SSSR count). The molecule has 0 spiro atoms. The monoisotopic (exact) mass is 456 g/mol. The maximum Gasteiger partial charge on any atom is 0.251 e. The van der Waals surface area contributed by atoms with Gasteiger partial charge in [-0.05, 0) is 43.3 Å². The van der Waals surface area contributed by atoms with Crippen LogP contribution in [0.5, 0.6) is 11.5 Å². The lowest BCUT2D eigenvalue weighted by molar-refractivity contribution is -0.116. The number of imidazole rings is 1. The lowest BCUT2D eigenvalue weighted by atomic mass is 10.1. The predicted molar refractivity (Wildman–Crippen MR) is 128 cm³/mol. The van der Waals surface area contributed by atoms with E-state index in [4.69, 9.17) is 9.47 Å². The summed E-state index contributed by atoms with van der Waals surface area (Å²) in [7, 11) is 0. The maximum absolute atomic E-state index is 12.9. The number of hydrogen-bond donors (Lipinski definition) is 2. The molecular weight excluding hydrogens is 432 g/mol. The number of aromatic nitrogens is 2. The fourth-order valence-corrected chi connectivity index (χ4v) is 3.87. The van der Waals surface area contributed by atoms with E-state index in [-0.39, 0.29) is 24.9 Å². The molecule has 34 heavy (non-hydrogen) atoms. The summed E-state index contributed by atoms with van der Waals surface area (Å²) in [4.78, 5) is 30.1. The first kappa shape index (κ1) is 21.5. The molecule has 2 heterocycles. The van der Waals surface area contributed by atoms with E-state index < -0.39 is 0 Å². The zero-order valence-electron chi connectivity index (χ0n) is 18.7. The minimum atomic E-state index is -0.217. The third kappa shape index (κ3) is 4.56. The van der Waals surface area contributed by atoms with Gasteiger partial charge in [0, 0.05) is 17.3 Å². The number of carbonyl (C=O) groups excluding carboxylic acids is 2. The molecule has 0 fully saturated rings. The summed E-state index contributed by atoms with van der Waals surface area (Å²) in [6.45, 7) is 3.20. The molecule has 0 radical (unpaired) electrons. The summed E-state index contributed by atoms with van der Waals surface area (Å²) >= 11 is 0. The molecule has 0 unspecified atom stereocenters. The van der Waals surface area contributed by atoms with Crippen LogP contribution in [0.15, 0.2) is 66.7 Å². The SMILES string of the molecule is Cc1ccc(C(=O)NCc2nc3ccccc3n2CC(=O)Nc2ccc3c(c2)OCCO3)cc1. The molecule has 0 aliphatic carbocycles. The smallest absolute Gasteiger partial charge is 0.251 e. The molecule has 172 valence electrons. The molecule has 0 saturated heterocycles. The zero-order valence-corrected chi connectivity index (χ0v) is 18.7. The normalized spacial score (nSPS) is 12.4. The molecule has 2 amide bonds. The van der Waals surface area contributed by atoms with Crippen molar-refractivity contribution in [2.75, 3.05) is 18.5 Å². The summed E-state index contributed by atoms with van der Waals surface area (Å²) in [6.07, 6.45) is 0. The van der Waals surface area contributed by atoms with E-state index in [1.807, 2.05) is 47.9 Å². The van der Waals surface area contributed by atoms with Crippen molar-refractivity contribution in [1.82, 2.24) is 14.9 Å². The molecule has 8 heteroatoms. The van der Waals surface area contributed by atoms with Crippen LogP contribution in [0, 0.1) is 6.92 Å². The number of para-hydroxylation sites is 2. The summed E-state index contributed by atoms with van der Waals surface area (Å²) in [6, 6.07) is 20.3. The van der Waals surface area contributed by atoms with Crippen molar-refractivity contribution < 1.29 is 19.1 Å². The Balaban J connectivity index is 1.33. The number of anilines is 1. The van der Waals surface area contributed by atoms with Gasteiger partial charge in [0.05, 0.1) is 17.6 Å². The number of ether oxygens (including phenoxy) is 2. The Morgan fingerprint density at radius 3 is 2.56 bits per heavy atom. The minimum Gasteiger partial charge on any atom is -0.486 e. The molecule has 2 N–H and O–H groups in total. The van der Waals surface area contributed by atoms with E-state index in [0.29, 0.717) is 41.8 Å². The molecule has 0 bridgehead atoms. The highest BCUT2D eigenvalue weighted by molar-refractivity contribution is 5.94. The van der Waals surface area contributed by atoms with Gasteiger partial charge in [-0.15, -0.1) is 0 Å². The Hall–Kier alpha value is -4.33. The summed E-state index contributed by atoms with van der Waals surface area (Å²) in [5.74, 6) is 1.46. The molecule has 1 aliphatic rings. The highest BCUT2D eigenvalue weighted by atomic mass is 16.6. The van der Waals surface area contributed by atoms with Gasteiger partial charge in [-0.25, -0.2) is 4.98 Å². The van der Waals surface area contributed by atoms with Crippen molar-refractivity contribution in [3.05, 3.63) is 83.7 Å². The van der Waals surface area contributed by atoms with Gasteiger partial charge >= 0.3 is 0 Å². The van der Waals surface area contributed by atoms with Gasteiger partial charge in [0.1, 0.15) is 25.6 Å². The van der Waals surface area contributed by atoms with Crippen molar-refractivity contribution in [3.63, 3.8) is 0 Å². The number of carbonyl (C=O) groups is 2. The largest absolute Gasteiger partial charge is 0.486 e. The molecule has 1 aromatic heterocycles. The fraction of sp³-hybridized carbons (Fsp3) is 0.192. The van der Waals surface area contributed by atoms with Gasteiger partial charge in [-0.1, -0.05) is 29.8 Å². The molecule has 8 nitrogen and oxygen atoms in total. The number of hydrogen-bond acceptors (Lipinski definition) is 5. The van der Waals surface area contributed by atoms with Crippen LogP contribution in [0.25, 0.3) is 11.0 Å². The second kappa shape index (κ2) is 9.27. The Labute approximate surface area is 196 Å². The van der Waals surface area contributed by atoms with E-state index in [1.165, 1.54) is 0 Å². The van der Waals surface area contributed by atoms with Crippen LogP contribution in [0.4, 0.5) is 5.69 Å². The molecule has 1 aliphatic heterocycles. The third-order valence-corrected chi connectivity index (χ3v) is 5.58. The number of amides is 2. The number of aryl methyl sites for hydroxylation is 1. The van der Waals surface area contributed by atoms with Gasteiger partial charge in [0.25, 0.3) is 5.91 Å². The van der Waals surface area contributed by atoms with Crippen LogP contribution in [-0.4, -0.2) is 34.6 Å². The molecule has 0 atom stereocenters. The number of nitrogens with zero attached hydrogens (tertiary/aromatic N) is 2. The topological polar surface area (TPSA) is 94.5 Å². The first-order valence-electron chi connectivity index (χ1n) is 11.1. The fourth-order valence-electron chi connectivity index (χ4n) is 3.87.